The molecule has 0 aliphatic carbocycles. The van der Waals surface area contributed by atoms with Crippen LogP contribution in [0.25, 0.3) is 10.8 Å². The summed E-state index contributed by atoms with van der Waals surface area (Å²) in [5.74, 6) is -0.794. The van der Waals surface area contributed by atoms with E-state index in [9.17, 15) is 4.79 Å². The minimum absolute atomic E-state index is 0.0752. The Balaban J connectivity index is 2.63. The number of fused-ring (bicyclic) bond motifs is 1. The molecule has 0 amide bonds. The zero-order chi connectivity index (χ0) is 11.5. The van der Waals surface area contributed by atoms with Crippen molar-refractivity contribution in [2.75, 3.05) is 0 Å². The molecule has 0 unspecified atom stereocenters. The van der Waals surface area contributed by atoms with Crippen LogP contribution in [0.5, 0.6) is 0 Å². The average molecular weight is 279 g/mol. The Morgan fingerprint density at radius 2 is 1.94 bits per heavy atom. The first kappa shape index (κ1) is 11.1. The molecule has 2 nitrogen and oxygen atoms in total. The molecule has 0 aromatic heterocycles. The van der Waals surface area contributed by atoms with E-state index in [1.165, 1.54) is 0 Å². The summed E-state index contributed by atoms with van der Waals surface area (Å²) in [6.07, 6.45) is 0.0752. The topological polar surface area (TPSA) is 37.3 Å². The number of rotatable bonds is 3. The highest BCUT2D eigenvalue weighted by Crippen LogP contribution is 2.25. The highest BCUT2D eigenvalue weighted by Gasteiger charge is 2.09. The van der Waals surface area contributed by atoms with E-state index in [4.69, 9.17) is 5.11 Å². The van der Waals surface area contributed by atoms with Crippen molar-refractivity contribution in [3.63, 3.8) is 0 Å². The van der Waals surface area contributed by atoms with Gasteiger partial charge in [0.25, 0.3) is 0 Å². The first-order chi connectivity index (χ1) is 7.72. The SMILES string of the molecule is O=C(O)Cc1ccc2ccccc2c1CBr. The molecular formula is C13H11BrO2. The quantitative estimate of drug-likeness (QED) is 0.875. The highest BCUT2D eigenvalue weighted by molar-refractivity contribution is 9.08. The van der Waals surface area contributed by atoms with E-state index in [2.05, 4.69) is 15.9 Å². The van der Waals surface area contributed by atoms with Crippen molar-refractivity contribution in [3.05, 3.63) is 47.5 Å². The lowest BCUT2D eigenvalue weighted by Gasteiger charge is -2.09. The van der Waals surface area contributed by atoms with Gasteiger partial charge < -0.3 is 5.11 Å². The van der Waals surface area contributed by atoms with Crippen LogP contribution in [0.2, 0.25) is 0 Å². The summed E-state index contributed by atoms with van der Waals surface area (Å²) in [7, 11) is 0. The van der Waals surface area contributed by atoms with Gasteiger partial charge in [-0.15, -0.1) is 0 Å². The van der Waals surface area contributed by atoms with Crippen LogP contribution in [0, 0.1) is 0 Å². The number of aliphatic carboxylic acids is 1. The predicted octanol–water partition coefficient (Wildman–Crippen LogP) is 3.36. The molecule has 0 saturated heterocycles. The minimum atomic E-state index is -0.794. The molecule has 2 aromatic rings. The molecule has 2 aromatic carbocycles. The Morgan fingerprint density at radius 3 is 2.62 bits per heavy atom. The van der Waals surface area contributed by atoms with Crippen LogP contribution in [0.4, 0.5) is 0 Å². The maximum atomic E-state index is 10.8. The third-order valence-electron chi connectivity index (χ3n) is 2.61. The molecule has 3 heteroatoms. The van der Waals surface area contributed by atoms with Gasteiger partial charge in [-0.25, -0.2) is 0 Å². The van der Waals surface area contributed by atoms with Gasteiger partial charge in [-0.3, -0.25) is 4.79 Å². The van der Waals surface area contributed by atoms with Crippen molar-refractivity contribution < 1.29 is 9.90 Å². The van der Waals surface area contributed by atoms with Crippen molar-refractivity contribution in [2.45, 2.75) is 11.8 Å². The summed E-state index contributed by atoms with van der Waals surface area (Å²) in [5, 5.41) is 11.8. The molecule has 0 spiro atoms. The summed E-state index contributed by atoms with van der Waals surface area (Å²) in [6.45, 7) is 0. The van der Waals surface area contributed by atoms with Gasteiger partial charge in [0.15, 0.2) is 0 Å². The second-order valence-corrected chi connectivity index (χ2v) is 4.19. The van der Waals surface area contributed by atoms with Crippen molar-refractivity contribution in [2.24, 2.45) is 0 Å². The second-order valence-electron chi connectivity index (χ2n) is 3.63. The zero-order valence-corrected chi connectivity index (χ0v) is 10.2. The number of halogens is 1. The summed E-state index contributed by atoms with van der Waals surface area (Å²) >= 11 is 3.43. The fraction of sp³-hybridized carbons (Fsp3) is 0.154. The highest BCUT2D eigenvalue weighted by atomic mass is 79.9. The molecule has 16 heavy (non-hydrogen) atoms. The number of carboxylic acid groups (broad SMARTS) is 1. The van der Waals surface area contributed by atoms with Crippen LogP contribution in [0.1, 0.15) is 11.1 Å². The van der Waals surface area contributed by atoms with E-state index in [0.29, 0.717) is 5.33 Å². The number of carbonyl (C=O) groups is 1. The summed E-state index contributed by atoms with van der Waals surface area (Å²) in [5.41, 5.74) is 1.95. The normalized spacial score (nSPS) is 10.6. The Bertz CT molecular complexity index is 534. The van der Waals surface area contributed by atoms with Crippen LogP contribution < -0.4 is 0 Å². The van der Waals surface area contributed by atoms with Gasteiger partial charge in [0, 0.05) is 5.33 Å². The molecule has 1 N–H and O–H groups in total. The maximum Gasteiger partial charge on any atom is 0.307 e. The summed E-state index contributed by atoms with van der Waals surface area (Å²) in [6, 6.07) is 11.9. The van der Waals surface area contributed by atoms with E-state index >= 15 is 0 Å². The van der Waals surface area contributed by atoms with Gasteiger partial charge in [-0.05, 0) is 21.9 Å². The summed E-state index contributed by atoms with van der Waals surface area (Å²) in [4.78, 5) is 10.8. The molecule has 0 aliphatic heterocycles. The standard InChI is InChI=1S/C13H11BrO2/c14-8-12-10(7-13(15)16)6-5-9-3-1-2-4-11(9)12/h1-6H,7-8H2,(H,15,16). The van der Waals surface area contributed by atoms with Gasteiger partial charge in [0.1, 0.15) is 0 Å². The molecule has 82 valence electrons. The second kappa shape index (κ2) is 4.66. The molecule has 0 atom stereocenters. The molecule has 0 fully saturated rings. The van der Waals surface area contributed by atoms with Crippen LogP contribution in [-0.2, 0) is 16.5 Å². The number of benzene rings is 2. The first-order valence-corrected chi connectivity index (χ1v) is 6.12. The van der Waals surface area contributed by atoms with Crippen LogP contribution >= 0.6 is 15.9 Å². The maximum absolute atomic E-state index is 10.8. The van der Waals surface area contributed by atoms with Crippen molar-refractivity contribution in [3.8, 4) is 0 Å². The van der Waals surface area contributed by atoms with Gasteiger partial charge in [0.05, 0.1) is 6.42 Å². The fourth-order valence-electron chi connectivity index (χ4n) is 1.87. The predicted molar refractivity (Wildman–Crippen MR) is 67.9 cm³/mol. The first-order valence-electron chi connectivity index (χ1n) is 4.99. The monoisotopic (exact) mass is 278 g/mol. The van der Waals surface area contributed by atoms with E-state index in [1.54, 1.807) is 0 Å². The Labute approximate surface area is 102 Å². The van der Waals surface area contributed by atoms with Gasteiger partial charge in [-0.1, -0.05) is 52.3 Å². The fourth-order valence-corrected chi connectivity index (χ4v) is 2.53. The smallest absolute Gasteiger partial charge is 0.307 e. The zero-order valence-electron chi connectivity index (χ0n) is 8.61. The largest absolute Gasteiger partial charge is 0.481 e. The Morgan fingerprint density at radius 1 is 1.19 bits per heavy atom. The number of carboxylic acids is 1. The van der Waals surface area contributed by atoms with E-state index in [-0.39, 0.29) is 6.42 Å². The third kappa shape index (κ3) is 2.09. The van der Waals surface area contributed by atoms with Gasteiger partial charge in [0.2, 0.25) is 0 Å². The number of alkyl halides is 1. The van der Waals surface area contributed by atoms with E-state index < -0.39 is 5.97 Å². The minimum Gasteiger partial charge on any atom is -0.481 e. The summed E-state index contributed by atoms with van der Waals surface area (Å²) < 4.78 is 0. The van der Waals surface area contributed by atoms with Crippen LogP contribution in [-0.4, -0.2) is 11.1 Å². The lowest BCUT2D eigenvalue weighted by molar-refractivity contribution is -0.136. The number of hydrogen-bond donors (Lipinski definition) is 1. The molecule has 0 saturated carbocycles. The molecule has 0 radical (unpaired) electrons. The Hall–Kier alpha value is -1.35. The van der Waals surface area contributed by atoms with Gasteiger partial charge >= 0.3 is 5.97 Å². The molecule has 2 rings (SSSR count). The van der Waals surface area contributed by atoms with E-state index in [0.717, 1.165) is 21.9 Å². The van der Waals surface area contributed by atoms with Gasteiger partial charge in [-0.2, -0.15) is 0 Å². The van der Waals surface area contributed by atoms with E-state index in [1.807, 2.05) is 36.4 Å². The van der Waals surface area contributed by atoms with Crippen molar-refractivity contribution in [1.29, 1.82) is 0 Å². The van der Waals surface area contributed by atoms with Crippen molar-refractivity contribution >= 4 is 32.7 Å². The van der Waals surface area contributed by atoms with Crippen molar-refractivity contribution in [1.82, 2.24) is 0 Å². The Kier molecular flexibility index (Phi) is 3.25. The molecule has 0 heterocycles. The van der Waals surface area contributed by atoms with Crippen LogP contribution in [0.15, 0.2) is 36.4 Å². The third-order valence-corrected chi connectivity index (χ3v) is 3.17. The number of hydrogen-bond acceptors (Lipinski definition) is 1. The van der Waals surface area contributed by atoms with Crippen LogP contribution in [0.3, 0.4) is 0 Å². The lowest BCUT2D eigenvalue weighted by Crippen LogP contribution is -2.03. The lowest BCUT2D eigenvalue weighted by atomic mass is 9.98. The molecular weight excluding hydrogens is 268 g/mol. The molecule has 0 bridgehead atoms. The average Bonchev–Trinajstić information content (AvgIpc) is 2.28. The molecule has 0 aliphatic rings.